The van der Waals surface area contributed by atoms with E-state index in [4.69, 9.17) is 30.5 Å². The fourth-order valence-corrected chi connectivity index (χ4v) is 4.48. The molecule has 1 amide bonds. The minimum atomic E-state index is -0.535. The third-order valence-corrected chi connectivity index (χ3v) is 6.25. The summed E-state index contributed by atoms with van der Waals surface area (Å²) < 4.78 is 22.7. The van der Waals surface area contributed by atoms with Gasteiger partial charge in [0, 0.05) is 22.5 Å². The number of fused-ring (bicyclic) bond motifs is 1. The molecule has 3 N–H and O–H groups in total. The van der Waals surface area contributed by atoms with Crippen LogP contribution in [-0.2, 0) is 4.79 Å². The molecule has 3 aromatic rings. The standard InChI is InChI=1S/C25H23ClN4O5/c1-12-19-20(14-9-17(32-2)22(34-4)18(10-14)33-3)21-23(31)28-16(13-5-7-15(26)8-6-13)11-27-24(21)35-25(19)30-29-12/h5-11,20,27H,1-4H3,(H,28,31)(H,29,30). The largest absolute Gasteiger partial charge is 0.493 e. The zero-order valence-corrected chi connectivity index (χ0v) is 20.2. The van der Waals surface area contributed by atoms with Crippen molar-refractivity contribution >= 4 is 23.2 Å². The van der Waals surface area contributed by atoms with Crippen molar-refractivity contribution in [3.63, 3.8) is 0 Å². The number of hydrogen-bond donors (Lipinski definition) is 3. The van der Waals surface area contributed by atoms with Crippen LogP contribution in [0, 0.1) is 6.92 Å². The predicted molar refractivity (Wildman–Crippen MR) is 130 cm³/mol. The van der Waals surface area contributed by atoms with E-state index < -0.39 is 5.92 Å². The molecule has 2 aliphatic rings. The van der Waals surface area contributed by atoms with Gasteiger partial charge in [0.05, 0.1) is 38.5 Å². The van der Waals surface area contributed by atoms with Crippen LogP contribution in [-0.4, -0.2) is 37.4 Å². The van der Waals surface area contributed by atoms with Crippen LogP contribution in [0.2, 0.25) is 5.02 Å². The molecule has 3 heterocycles. The molecule has 9 nitrogen and oxygen atoms in total. The van der Waals surface area contributed by atoms with Gasteiger partial charge in [-0.3, -0.25) is 9.89 Å². The molecule has 2 aliphatic heterocycles. The lowest BCUT2D eigenvalue weighted by atomic mass is 9.82. The molecule has 0 saturated carbocycles. The number of rotatable bonds is 5. The highest BCUT2D eigenvalue weighted by Crippen LogP contribution is 2.48. The maximum atomic E-state index is 13.7. The van der Waals surface area contributed by atoms with Crippen LogP contribution in [0.3, 0.4) is 0 Å². The van der Waals surface area contributed by atoms with Gasteiger partial charge in [0.1, 0.15) is 0 Å². The number of nitrogens with one attached hydrogen (secondary N) is 3. The first-order valence-electron chi connectivity index (χ1n) is 10.8. The number of aromatic nitrogens is 2. The molecule has 0 saturated heterocycles. The van der Waals surface area contributed by atoms with Gasteiger partial charge < -0.3 is 29.6 Å². The van der Waals surface area contributed by atoms with Crippen LogP contribution in [0.25, 0.3) is 5.70 Å². The highest BCUT2D eigenvalue weighted by molar-refractivity contribution is 6.30. The molecule has 0 fully saturated rings. The van der Waals surface area contributed by atoms with Gasteiger partial charge in [-0.1, -0.05) is 23.7 Å². The van der Waals surface area contributed by atoms with Crippen LogP contribution in [0.15, 0.2) is 54.1 Å². The number of ether oxygens (including phenoxy) is 4. The van der Waals surface area contributed by atoms with Gasteiger partial charge in [0.2, 0.25) is 17.5 Å². The number of nitrogens with zero attached hydrogens (tertiary/aromatic N) is 1. The third kappa shape index (κ3) is 3.83. The Kier molecular flexibility index (Phi) is 5.78. The van der Waals surface area contributed by atoms with E-state index in [2.05, 4.69) is 20.8 Å². The molecule has 2 aromatic carbocycles. The Morgan fingerprint density at radius 3 is 2.34 bits per heavy atom. The number of carbonyl (C=O) groups excluding carboxylic acids is 1. The summed E-state index contributed by atoms with van der Waals surface area (Å²) in [7, 11) is 4.64. The zero-order chi connectivity index (χ0) is 24.7. The minimum absolute atomic E-state index is 0.282. The first-order chi connectivity index (χ1) is 16.9. The molecule has 0 bridgehead atoms. The van der Waals surface area contributed by atoms with E-state index >= 15 is 0 Å². The van der Waals surface area contributed by atoms with E-state index in [1.807, 2.05) is 31.2 Å². The fraction of sp³-hybridized carbons (Fsp3) is 0.200. The van der Waals surface area contributed by atoms with E-state index in [9.17, 15) is 4.79 Å². The van der Waals surface area contributed by atoms with Crippen LogP contribution in [0.5, 0.6) is 23.1 Å². The highest BCUT2D eigenvalue weighted by Gasteiger charge is 2.40. The number of amides is 1. The fourth-order valence-electron chi connectivity index (χ4n) is 4.35. The van der Waals surface area contributed by atoms with Gasteiger partial charge >= 0.3 is 0 Å². The van der Waals surface area contributed by atoms with Crippen molar-refractivity contribution in [2.45, 2.75) is 12.8 Å². The third-order valence-electron chi connectivity index (χ3n) is 6.00. The maximum Gasteiger partial charge on any atom is 0.258 e. The number of H-pyrrole nitrogens is 1. The summed E-state index contributed by atoms with van der Waals surface area (Å²) in [5.74, 6) is 1.20. The molecular formula is C25H23ClN4O5. The van der Waals surface area contributed by atoms with E-state index in [1.165, 1.54) is 0 Å². The van der Waals surface area contributed by atoms with Crippen LogP contribution in [0.4, 0.5) is 0 Å². The summed E-state index contributed by atoms with van der Waals surface area (Å²) in [5, 5.41) is 14.0. The SMILES string of the molecule is COc1cc(C2C3=C(NC=C(c4ccc(Cl)cc4)NC3=O)Oc3n[nH]c(C)c32)cc(OC)c1OC. The normalized spacial score (nSPS) is 16.7. The Hall–Kier alpha value is -4.11. The van der Waals surface area contributed by atoms with Gasteiger partial charge in [-0.25, -0.2) is 0 Å². The van der Waals surface area contributed by atoms with E-state index in [0.717, 1.165) is 22.4 Å². The van der Waals surface area contributed by atoms with Crippen molar-refractivity contribution in [2.24, 2.45) is 0 Å². The lowest BCUT2D eigenvalue weighted by Gasteiger charge is -2.27. The Bertz CT molecular complexity index is 1350. The van der Waals surface area contributed by atoms with Crippen molar-refractivity contribution in [2.75, 3.05) is 21.3 Å². The van der Waals surface area contributed by atoms with Crippen LogP contribution >= 0.6 is 11.6 Å². The lowest BCUT2D eigenvalue weighted by Crippen LogP contribution is -2.31. The molecule has 0 aliphatic carbocycles. The summed E-state index contributed by atoms with van der Waals surface area (Å²) in [4.78, 5) is 13.7. The Labute approximate surface area is 206 Å². The Morgan fingerprint density at radius 1 is 1.03 bits per heavy atom. The first-order valence-corrected chi connectivity index (χ1v) is 11.1. The van der Waals surface area contributed by atoms with Gasteiger partial charge in [-0.05, 0) is 42.3 Å². The molecule has 10 heteroatoms. The zero-order valence-electron chi connectivity index (χ0n) is 19.5. The second kappa shape index (κ2) is 8.92. The van der Waals surface area contributed by atoms with Crippen LogP contribution < -0.4 is 29.6 Å². The Balaban J connectivity index is 1.64. The average Bonchev–Trinajstić information content (AvgIpc) is 3.15. The van der Waals surface area contributed by atoms with E-state index in [-0.39, 0.29) is 11.8 Å². The summed E-state index contributed by atoms with van der Waals surface area (Å²) >= 11 is 6.03. The van der Waals surface area contributed by atoms with E-state index in [0.29, 0.717) is 39.4 Å². The number of carbonyl (C=O) groups is 1. The van der Waals surface area contributed by atoms with Crippen LogP contribution in [0.1, 0.15) is 28.3 Å². The molecule has 1 aromatic heterocycles. The average molecular weight is 495 g/mol. The number of aryl methyl sites for hydroxylation is 1. The molecule has 0 radical (unpaired) electrons. The van der Waals surface area contributed by atoms with Gasteiger partial charge in [-0.15, -0.1) is 5.10 Å². The first kappa shape index (κ1) is 22.7. The summed E-state index contributed by atoms with van der Waals surface area (Å²) in [6, 6.07) is 10.8. The number of methoxy groups -OCH3 is 3. The van der Waals surface area contributed by atoms with E-state index in [1.54, 1.807) is 39.7 Å². The molecule has 1 atom stereocenters. The smallest absolute Gasteiger partial charge is 0.258 e. The van der Waals surface area contributed by atoms with Gasteiger partial charge in [-0.2, -0.15) is 0 Å². The summed E-state index contributed by atoms with van der Waals surface area (Å²) in [5.41, 5.74) is 4.00. The topological polar surface area (TPSA) is 107 Å². The van der Waals surface area contributed by atoms with Crippen molar-refractivity contribution in [3.05, 3.63) is 81.5 Å². The minimum Gasteiger partial charge on any atom is -0.493 e. The highest BCUT2D eigenvalue weighted by atomic mass is 35.5. The van der Waals surface area contributed by atoms with Crippen molar-refractivity contribution < 1.29 is 23.7 Å². The number of hydrogen-bond acceptors (Lipinski definition) is 7. The number of halogens is 1. The Morgan fingerprint density at radius 2 is 1.71 bits per heavy atom. The lowest BCUT2D eigenvalue weighted by molar-refractivity contribution is -0.116. The molecular weight excluding hydrogens is 472 g/mol. The van der Waals surface area contributed by atoms with Crippen molar-refractivity contribution in [1.82, 2.24) is 20.8 Å². The molecule has 1 unspecified atom stereocenters. The quantitative estimate of drug-likeness (QED) is 0.494. The van der Waals surface area contributed by atoms with Crippen molar-refractivity contribution in [3.8, 4) is 23.1 Å². The number of benzene rings is 2. The monoisotopic (exact) mass is 494 g/mol. The second-order valence-corrected chi connectivity index (χ2v) is 8.40. The van der Waals surface area contributed by atoms with Crippen molar-refractivity contribution in [1.29, 1.82) is 0 Å². The molecule has 0 spiro atoms. The molecule has 5 rings (SSSR count). The number of aromatic amines is 1. The predicted octanol–water partition coefficient (Wildman–Crippen LogP) is 3.85. The van der Waals surface area contributed by atoms with Gasteiger partial charge in [0.25, 0.3) is 5.91 Å². The summed E-state index contributed by atoms with van der Waals surface area (Å²) in [6.07, 6.45) is 1.68. The molecule has 180 valence electrons. The maximum absolute atomic E-state index is 13.7. The second-order valence-electron chi connectivity index (χ2n) is 7.97. The summed E-state index contributed by atoms with van der Waals surface area (Å²) in [6.45, 7) is 1.88. The van der Waals surface area contributed by atoms with Gasteiger partial charge in [0.15, 0.2) is 11.5 Å². The molecule has 35 heavy (non-hydrogen) atoms.